The first kappa shape index (κ1) is 12.4. The van der Waals surface area contributed by atoms with Gasteiger partial charge in [0.2, 0.25) is 5.91 Å². The molecule has 0 fully saturated rings. The summed E-state index contributed by atoms with van der Waals surface area (Å²) in [5, 5.41) is 2.56. The van der Waals surface area contributed by atoms with E-state index in [2.05, 4.69) is 5.32 Å². The van der Waals surface area contributed by atoms with E-state index in [0.717, 1.165) is 0 Å². The third-order valence-corrected chi connectivity index (χ3v) is 4.19. The Balaban J connectivity index is 4.29. The lowest BCUT2D eigenvalue weighted by molar-refractivity contribution is -0.120. The van der Waals surface area contributed by atoms with E-state index in [1.54, 1.807) is 20.8 Å². The van der Waals surface area contributed by atoms with Gasteiger partial charge in [-0.15, -0.1) is 0 Å². The van der Waals surface area contributed by atoms with Gasteiger partial charge in [-0.25, -0.2) is 8.42 Å². The molecule has 0 aliphatic carbocycles. The first-order valence-electron chi connectivity index (χ1n) is 4.17. The molecule has 0 bridgehead atoms. The molecule has 0 unspecified atom stereocenters. The second-order valence-corrected chi connectivity index (χ2v) is 6.31. The zero-order valence-electron chi connectivity index (χ0n) is 8.55. The van der Waals surface area contributed by atoms with Crippen LogP contribution in [0.15, 0.2) is 0 Å². The molecule has 1 amide bonds. The molecule has 0 aromatic carbocycles. The van der Waals surface area contributed by atoms with Crippen molar-refractivity contribution in [3.05, 3.63) is 0 Å². The van der Waals surface area contributed by atoms with Crippen molar-refractivity contribution in [2.45, 2.75) is 31.9 Å². The van der Waals surface area contributed by atoms with Gasteiger partial charge in [-0.3, -0.25) is 4.79 Å². The molecule has 0 rings (SSSR count). The summed E-state index contributed by atoms with van der Waals surface area (Å²) in [6, 6.07) is 0. The van der Waals surface area contributed by atoms with Crippen LogP contribution in [0.4, 0.5) is 0 Å². The SMILES string of the molecule is CCC(=O)NCC(C)(C)S(C)(=O)=O. The zero-order chi connectivity index (χ0) is 10.7. The molecule has 0 heterocycles. The molecule has 0 spiro atoms. The Morgan fingerprint density at radius 1 is 1.38 bits per heavy atom. The summed E-state index contributed by atoms with van der Waals surface area (Å²) in [6.45, 7) is 5.08. The van der Waals surface area contributed by atoms with E-state index in [0.29, 0.717) is 6.42 Å². The van der Waals surface area contributed by atoms with E-state index >= 15 is 0 Å². The van der Waals surface area contributed by atoms with Gasteiger partial charge in [0.25, 0.3) is 0 Å². The molecule has 0 aliphatic heterocycles. The van der Waals surface area contributed by atoms with Crippen molar-refractivity contribution in [2.75, 3.05) is 12.8 Å². The lowest BCUT2D eigenvalue weighted by atomic mass is 10.2. The highest BCUT2D eigenvalue weighted by Crippen LogP contribution is 2.13. The van der Waals surface area contributed by atoms with E-state index in [9.17, 15) is 13.2 Å². The fraction of sp³-hybridized carbons (Fsp3) is 0.875. The van der Waals surface area contributed by atoms with Crippen LogP contribution in [-0.2, 0) is 14.6 Å². The van der Waals surface area contributed by atoms with Crippen molar-refractivity contribution in [2.24, 2.45) is 0 Å². The predicted octanol–water partition coefficient (Wildman–Crippen LogP) is 0.336. The van der Waals surface area contributed by atoms with Gasteiger partial charge >= 0.3 is 0 Å². The lowest BCUT2D eigenvalue weighted by Gasteiger charge is -2.22. The molecule has 0 aliphatic rings. The standard InChI is InChI=1S/C8H17NO3S/c1-5-7(10)9-6-8(2,3)13(4,11)12/h5-6H2,1-4H3,(H,9,10). The first-order valence-corrected chi connectivity index (χ1v) is 6.06. The third kappa shape index (κ3) is 3.76. The van der Waals surface area contributed by atoms with Crippen LogP contribution in [0.1, 0.15) is 27.2 Å². The lowest BCUT2D eigenvalue weighted by Crippen LogP contribution is -2.43. The van der Waals surface area contributed by atoms with Crippen LogP contribution in [0, 0.1) is 0 Å². The fourth-order valence-corrected chi connectivity index (χ4v) is 0.902. The zero-order valence-corrected chi connectivity index (χ0v) is 9.36. The summed E-state index contributed by atoms with van der Waals surface area (Å²) in [4.78, 5) is 10.9. The van der Waals surface area contributed by atoms with Crippen molar-refractivity contribution < 1.29 is 13.2 Å². The van der Waals surface area contributed by atoms with Crippen LogP contribution in [-0.4, -0.2) is 31.9 Å². The summed E-state index contributed by atoms with van der Waals surface area (Å²) < 4.78 is 21.5. The highest BCUT2D eigenvalue weighted by Gasteiger charge is 2.30. The number of hydrogen-bond donors (Lipinski definition) is 1. The number of amides is 1. The Morgan fingerprint density at radius 2 is 1.85 bits per heavy atom. The van der Waals surface area contributed by atoms with Crippen LogP contribution in [0.5, 0.6) is 0 Å². The smallest absolute Gasteiger partial charge is 0.219 e. The Kier molecular flexibility index (Phi) is 3.90. The minimum atomic E-state index is -3.12. The van der Waals surface area contributed by atoms with E-state index in [1.807, 2.05) is 0 Å². The summed E-state index contributed by atoms with van der Waals surface area (Å²) >= 11 is 0. The van der Waals surface area contributed by atoms with Crippen LogP contribution in [0.2, 0.25) is 0 Å². The molecule has 5 heteroatoms. The van der Waals surface area contributed by atoms with Gasteiger partial charge in [0.05, 0.1) is 4.75 Å². The Labute approximate surface area is 79.6 Å². The number of carbonyl (C=O) groups excluding carboxylic acids is 1. The first-order chi connectivity index (χ1) is 5.70. The molecule has 13 heavy (non-hydrogen) atoms. The largest absolute Gasteiger partial charge is 0.355 e. The van der Waals surface area contributed by atoms with Crippen LogP contribution >= 0.6 is 0 Å². The van der Waals surface area contributed by atoms with Crippen molar-refractivity contribution in [1.29, 1.82) is 0 Å². The third-order valence-electron chi connectivity index (χ3n) is 2.04. The fourth-order valence-electron chi connectivity index (χ4n) is 0.568. The number of nitrogens with one attached hydrogen (secondary N) is 1. The molecule has 0 atom stereocenters. The average Bonchev–Trinajstić information content (AvgIpc) is 1.98. The maximum atomic E-state index is 11.2. The predicted molar refractivity (Wildman–Crippen MR) is 52.2 cm³/mol. The van der Waals surface area contributed by atoms with Gasteiger partial charge in [-0.1, -0.05) is 6.92 Å². The molecule has 78 valence electrons. The molecule has 0 saturated carbocycles. The Bertz CT molecular complexity index is 280. The van der Waals surface area contributed by atoms with Crippen molar-refractivity contribution in [3.8, 4) is 0 Å². The van der Waals surface area contributed by atoms with Gasteiger partial charge in [-0.05, 0) is 13.8 Å². The van der Waals surface area contributed by atoms with Crippen molar-refractivity contribution >= 4 is 15.7 Å². The maximum absolute atomic E-state index is 11.2. The Hall–Kier alpha value is -0.580. The number of carbonyl (C=O) groups is 1. The summed E-state index contributed by atoms with van der Waals surface area (Å²) in [6.07, 6.45) is 1.55. The van der Waals surface area contributed by atoms with Gasteiger partial charge in [0.15, 0.2) is 9.84 Å². The van der Waals surface area contributed by atoms with Crippen molar-refractivity contribution in [1.82, 2.24) is 5.32 Å². The minimum absolute atomic E-state index is 0.128. The second-order valence-electron chi connectivity index (χ2n) is 3.66. The topological polar surface area (TPSA) is 63.2 Å². The molecule has 0 aromatic rings. The molecular formula is C8H17NO3S. The summed E-state index contributed by atoms with van der Waals surface area (Å²) in [7, 11) is -3.12. The van der Waals surface area contributed by atoms with Crippen LogP contribution in [0.25, 0.3) is 0 Å². The number of sulfone groups is 1. The summed E-state index contributed by atoms with van der Waals surface area (Å²) in [5.74, 6) is -0.128. The van der Waals surface area contributed by atoms with E-state index < -0.39 is 14.6 Å². The summed E-state index contributed by atoms with van der Waals surface area (Å²) in [5.41, 5.74) is 0. The highest BCUT2D eigenvalue weighted by atomic mass is 32.2. The normalized spacial score (nSPS) is 12.6. The van der Waals surface area contributed by atoms with Crippen LogP contribution in [0.3, 0.4) is 0 Å². The molecule has 1 N–H and O–H groups in total. The highest BCUT2D eigenvalue weighted by molar-refractivity contribution is 7.92. The van der Waals surface area contributed by atoms with Gasteiger partial charge in [0, 0.05) is 19.2 Å². The van der Waals surface area contributed by atoms with E-state index in [1.165, 1.54) is 6.26 Å². The monoisotopic (exact) mass is 207 g/mol. The molecule has 0 radical (unpaired) electrons. The van der Waals surface area contributed by atoms with Crippen molar-refractivity contribution in [3.63, 3.8) is 0 Å². The molecular weight excluding hydrogens is 190 g/mol. The average molecular weight is 207 g/mol. The van der Waals surface area contributed by atoms with E-state index in [-0.39, 0.29) is 12.5 Å². The number of rotatable bonds is 4. The maximum Gasteiger partial charge on any atom is 0.219 e. The molecule has 0 aromatic heterocycles. The minimum Gasteiger partial charge on any atom is -0.355 e. The van der Waals surface area contributed by atoms with Crippen LogP contribution < -0.4 is 5.32 Å². The van der Waals surface area contributed by atoms with Gasteiger partial charge in [-0.2, -0.15) is 0 Å². The molecule has 0 saturated heterocycles. The van der Waals surface area contributed by atoms with Gasteiger partial charge in [0.1, 0.15) is 0 Å². The quantitative estimate of drug-likeness (QED) is 0.723. The number of hydrogen-bond acceptors (Lipinski definition) is 3. The Morgan fingerprint density at radius 3 is 2.15 bits per heavy atom. The second kappa shape index (κ2) is 4.09. The van der Waals surface area contributed by atoms with Gasteiger partial charge < -0.3 is 5.32 Å². The molecule has 4 nitrogen and oxygen atoms in total. The van der Waals surface area contributed by atoms with E-state index in [4.69, 9.17) is 0 Å².